The molecule has 1 saturated carbocycles. The first kappa shape index (κ1) is 18.3. The van der Waals surface area contributed by atoms with Gasteiger partial charge in [-0.3, -0.25) is 4.79 Å². The van der Waals surface area contributed by atoms with Gasteiger partial charge in [-0.2, -0.15) is 0 Å². The molecule has 1 aromatic carbocycles. The van der Waals surface area contributed by atoms with Gasteiger partial charge in [0.05, 0.1) is 12.5 Å². The Hall–Kier alpha value is -1.49. The van der Waals surface area contributed by atoms with E-state index in [1.165, 1.54) is 0 Å². The molecule has 1 aliphatic carbocycles. The molecule has 0 radical (unpaired) electrons. The van der Waals surface area contributed by atoms with Crippen LogP contribution in [0.4, 0.5) is 8.78 Å². The zero-order valence-corrected chi connectivity index (χ0v) is 15.0. The van der Waals surface area contributed by atoms with Gasteiger partial charge in [-0.15, -0.1) is 0 Å². The third-order valence-electron chi connectivity index (χ3n) is 6.14. The van der Waals surface area contributed by atoms with Crippen molar-refractivity contribution in [2.24, 2.45) is 11.3 Å². The summed E-state index contributed by atoms with van der Waals surface area (Å²) >= 11 is 0. The van der Waals surface area contributed by atoms with E-state index in [1.807, 2.05) is 17.9 Å². The number of aliphatic hydroxyl groups is 1. The molecule has 138 valence electrons. The van der Waals surface area contributed by atoms with Crippen LogP contribution in [0.25, 0.3) is 0 Å². The highest BCUT2D eigenvalue weighted by atomic mass is 19.3. The summed E-state index contributed by atoms with van der Waals surface area (Å²) in [5.74, 6) is 0.0600. The Labute approximate surface area is 148 Å². The molecule has 25 heavy (non-hydrogen) atoms. The standard InChI is InChI=1S/C20H27F2NO2/c1-3-14(10-24)19(25)23-11-20(12-23)7-6-16(9-20)15-5-4-13(2)17(8-15)18(21)22/h4-5,8,14,16,18,24H,3,6-7,9-12H2,1-2H3/t14-,16?/m1/s1. The molecule has 1 aromatic rings. The lowest BCUT2D eigenvalue weighted by Gasteiger charge is -2.49. The molecule has 0 aromatic heterocycles. The molecule has 1 saturated heterocycles. The predicted molar refractivity (Wildman–Crippen MR) is 92.6 cm³/mol. The summed E-state index contributed by atoms with van der Waals surface area (Å²) in [4.78, 5) is 14.2. The zero-order chi connectivity index (χ0) is 18.2. The second-order valence-electron chi connectivity index (χ2n) is 7.84. The predicted octanol–water partition coefficient (Wildman–Crippen LogP) is 4.05. The second kappa shape index (κ2) is 7.02. The van der Waals surface area contributed by atoms with Crippen LogP contribution in [0, 0.1) is 18.3 Å². The molecule has 2 atom stereocenters. The maximum absolute atomic E-state index is 13.1. The summed E-state index contributed by atoms with van der Waals surface area (Å²) in [6.07, 6.45) is 1.21. The average molecular weight is 351 g/mol. The van der Waals surface area contributed by atoms with Crippen LogP contribution in [0.3, 0.4) is 0 Å². The van der Waals surface area contributed by atoms with Crippen molar-refractivity contribution in [1.82, 2.24) is 4.90 Å². The van der Waals surface area contributed by atoms with Crippen molar-refractivity contribution in [2.45, 2.75) is 51.9 Å². The van der Waals surface area contributed by atoms with Crippen molar-refractivity contribution in [1.29, 1.82) is 0 Å². The van der Waals surface area contributed by atoms with Crippen LogP contribution >= 0.6 is 0 Å². The quantitative estimate of drug-likeness (QED) is 0.869. The summed E-state index contributed by atoms with van der Waals surface area (Å²) in [5, 5.41) is 9.30. The van der Waals surface area contributed by atoms with Gasteiger partial charge < -0.3 is 10.0 Å². The van der Waals surface area contributed by atoms with Gasteiger partial charge in [-0.1, -0.05) is 19.1 Å². The Morgan fingerprint density at radius 1 is 1.40 bits per heavy atom. The van der Waals surface area contributed by atoms with Crippen molar-refractivity contribution in [2.75, 3.05) is 19.7 Å². The first-order valence-corrected chi connectivity index (χ1v) is 9.17. The Kier molecular flexibility index (Phi) is 5.14. The van der Waals surface area contributed by atoms with E-state index in [0.717, 1.165) is 37.9 Å². The van der Waals surface area contributed by atoms with Crippen molar-refractivity contribution in [3.8, 4) is 0 Å². The summed E-state index contributed by atoms with van der Waals surface area (Å²) in [7, 11) is 0. The third-order valence-corrected chi connectivity index (χ3v) is 6.14. The molecule has 1 N–H and O–H groups in total. The minimum Gasteiger partial charge on any atom is -0.396 e. The summed E-state index contributed by atoms with van der Waals surface area (Å²) in [5.41, 5.74) is 1.92. The van der Waals surface area contributed by atoms with Crippen LogP contribution in [0.5, 0.6) is 0 Å². The lowest BCUT2D eigenvalue weighted by atomic mass is 9.76. The van der Waals surface area contributed by atoms with Gasteiger partial charge in [0.1, 0.15) is 0 Å². The number of aryl methyl sites for hydroxylation is 1. The number of halogens is 2. The summed E-state index contributed by atoms with van der Waals surface area (Å²) < 4.78 is 26.3. The number of alkyl halides is 2. The zero-order valence-electron chi connectivity index (χ0n) is 15.0. The van der Waals surface area contributed by atoms with Crippen LogP contribution in [-0.4, -0.2) is 35.6 Å². The van der Waals surface area contributed by atoms with E-state index < -0.39 is 6.43 Å². The summed E-state index contributed by atoms with van der Waals surface area (Å²) in [6, 6.07) is 5.45. The highest BCUT2D eigenvalue weighted by molar-refractivity contribution is 5.80. The van der Waals surface area contributed by atoms with Crippen molar-refractivity contribution < 1.29 is 18.7 Å². The van der Waals surface area contributed by atoms with Crippen LogP contribution in [0.2, 0.25) is 0 Å². The number of likely N-dealkylation sites (tertiary alicyclic amines) is 1. The van der Waals surface area contributed by atoms with Gasteiger partial charge in [-0.25, -0.2) is 8.78 Å². The maximum Gasteiger partial charge on any atom is 0.264 e. The molecule has 1 amide bonds. The number of nitrogens with zero attached hydrogens (tertiary/aromatic N) is 1. The van der Waals surface area contributed by atoms with Gasteiger partial charge in [0.2, 0.25) is 5.91 Å². The fraction of sp³-hybridized carbons (Fsp3) is 0.650. The Morgan fingerprint density at radius 2 is 2.12 bits per heavy atom. The molecule has 3 rings (SSSR count). The van der Waals surface area contributed by atoms with Gasteiger partial charge in [0.15, 0.2) is 0 Å². The van der Waals surface area contributed by atoms with E-state index in [9.17, 15) is 18.7 Å². The first-order valence-electron chi connectivity index (χ1n) is 9.17. The molecular weight excluding hydrogens is 324 g/mol. The summed E-state index contributed by atoms with van der Waals surface area (Å²) in [6.45, 7) is 5.03. The lowest BCUT2D eigenvalue weighted by Crippen LogP contribution is -2.58. The smallest absolute Gasteiger partial charge is 0.264 e. The Bertz CT molecular complexity index is 637. The normalized spacial score (nSPS) is 23.1. The molecule has 3 nitrogen and oxygen atoms in total. The highest BCUT2D eigenvalue weighted by Gasteiger charge is 2.50. The molecular formula is C20H27F2NO2. The molecule has 5 heteroatoms. The SMILES string of the molecule is CC[C@H](CO)C(=O)N1CC2(CCC(c3ccc(C)c(C(F)F)c3)C2)C1. The van der Waals surface area contributed by atoms with Crippen molar-refractivity contribution in [3.63, 3.8) is 0 Å². The monoisotopic (exact) mass is 351 g/mol. The lowest BCUT2D eigenvalue weighted by molar-refractivity contribution is -0.149. The highest BCUT2D eigenvalue weighted by Crippen LogP contribution is 2.52. The average Bonchev–Trinajstić information content (AvgIpc) is 3.00. The number of carbonyl (C=O) groups is 1. The second-order valence-corrected chi connectivity index (χ2v) is 7.84. The van der Waals surface area contributed by atoms with E-state index in [4.69, 9.17) is 0 Å². The third kappa shape index (κ3) is 3.43. The number of rotatable bonds is 5. The van der Waals surface area contributed by atoms with Crippen LogP contribution in [0.1, 0.15) is 61.6 Å². The van der Waals surface area contributed by atoms with Gasteiger partial charge >= 0.3 is 0 Å². The molecule has 1 aliphatic heterocycles. The van der Waals surface area contributed by atoms with Crippen LogP contribution < -0.4 is 0 Å². The largest absolute Gasteiger partial charge is 0.396 e. The Morgan fingerprint density at radius 3 is 2.72 bits per heavy atom. The number of carbonyl (C=O) groups excluding carboxylic acids is 1. The molecule has 2 aliphatic rings. The molecule has 2 fully saturated rings. The number of amides is 1. The maximum atomic E-state index is 13.1. The molecule has 1 heterocycles. The molecule has 1 unspecified atom stereocenters. The number of aliphatic hydroxyl groups excluding tert-OH is 1. The van der Waals surface area contributed by atoms with Crippen molar-refractivity contribution in [3.05, 3.63) is 34.9 Å². The fourth-order valence-electron chi connectivity index (χ4n) is 4.49. The Balaban J connectivity index is 1.64. The number of hydrogen-bond donors (Lipinski definition) is 1. The van der Waals surface area contributed by atoms with Gasteiger partial charge in [-0.05, 0) is 55.7 Å². The van der Waals surface area contributed by atoms with Crippen LogP contribution in [-0.2, 0) is 4.79 Å². The van der Waals surface area contributed by atoms with E-state index >= 15 is 0 Å². The van der Waals surface area contributed by atoms with Crippen molar-refractivity contribution >= 4 is 5.91 Å². The fourth-order valence-corrected chi connectivity index (χ4v) is 4.49. The van der Waals surface area contributed by atoms with Gasteiger partial charge in [0.25, 0.3) is 6.43 Å². The van der Waals surface area contributed by atoms with Crippen LogP contribution in [0.15, 0.2) is 18.2 Å². The molecule has 0 bridgehead atoms. The molecule has 1 spiro atoms. The first-order chi connectivity index (χ1) is 11.9. The topological polar surface area (TPSA) is 40.5 Å². The number of benzene rings is 1. The number of hydrogen-bond acceptors (Lipinski definition) is 2. The van der Waals surface area contributed by atoms with E-state index in [0.29, 0.717) is 17.9 Å². The van der Waals surface area contributed by atoms with E-state index in [2.05, 4.69) is 0 Å². The minimum atomic E-state index is -2.43. The van der Waals surface area contributed by atoms with E-state index in [-0.39, 0.29) is 29.4 Å². The van der Waals surface area contributed by atoms with E-state index in [1.54, 1.807) is 19.1 Å². The van der Waals surface area contributed by atoms with Gasteiger partial charge in [0, 0.05) is 24.1 Å². The minimum absolute atomic E-state index is 0.0504.